The van der Waals surface area contributed by atoms with Gasteiger partial charge in [0.25, 0.3) is 0 Å². The Morgan fingerprint density at radius 2 is 1.27 bits per heavy atom. The van der Waals surface area contributed by atoms with Crippen molar-refractivity contribution >= 4 is 5.78 Å². The summed E-state index contributed by atoms with van der Waals surface area (Å²) in [6, 6.07) is 0. The fraction of sp³-hybridized carbons (Fsp3) is 0.767. The molecule has 0 bridgehead atoms. The second-order valence-corrected chi connectivity index (χ2v) is 11.3. The summed E-state index contributed by atoms with van der Waals surface area (Å²) in [5.74, 6) is -3.04. The summed E-state index contributed by atoms with van der Waals surface area (Å²) in [6.07, 6.45) is 1.28. The van der Waals surface area contributed by atoms with Crippen LogP contribution in [0.25, 0.3) is 0 Å². The highest BCUT2D eigenvalue weighted by Crippen LogP contribution is 2.28. The van der Waals surface area contributed by atoms with Crippen molar-refractivity contribution in [3.05, 3.63) is 36.5 Å². The largest absolute Gasteiger partial charge is 0.392 e. The predicted octanol–water partition coefficient (Wildman–Crippen LogP) is 3.42. The van der Waals surface area contributed by atoms with Crippen molar-refractivity contribution in [2.24, 2.45) is 35.5 Å². The number of rotatable bonds is 18. The zero-order valence-corrected chi connectivity index (χ0v) is 24.2. The van der Waals surface area contributed by atoms with E-state index in [-0.39, 0.29) is 24.7 Å². The molecule has 0 rings (SSSR count). The quantitative estimate of drug-likeness (QED) is 0.119. The number of hydrogen-bond acceptors (Lipinski definition) is 7. The van der Waals surface area contributed by atoms with E-state index in [1.807, 2.05) is 33.8 Å². The minimum Gasteiger partial charge on any atom is -0.392 e. The molecule has 0 aliphatic rings. The fourth-order valence-electron chi connectivity index (χ4n) is 4.89. The summed E-state index contributed by atoms with van der Waals surface area (Å²) in [6.45, 7) is 18.0. The van der Waals surface area contributed by atoms with Gasteiger partial charge in [-0.05, 0) is 38.5 Å². The first kappa shape index (κ1) is 35.6. The molecule has 0 aromatic heterocycles. The van der Waals surface area contributed by atoms with Crippen molar-refractivity contribution in [3.8, 4) is 0 Å². The van der Waals surface area contributed by atoms with Gasteiger partial charge in [0.2, 0.25) is 0 Å². The van der Waals surface area contributed by atoms with Gasteiger partial charge >= 0.3 is 0 Å². The monoisotopic (exact) mass is 526 g/mol. The maximum atomic E-state index is 12.6. The normalized spacial score (nSPS) is 22.7. The summed E-state index contributed by atoms with van der Waals surface area (Å²) >= 11 is 0. The predicted molar refractivity (Wildman–Crippen MR) is 149 cm³/mol. The maximum absolute atomic E-state index is 12.6. The number of ketones is 1. The molecule has 0 spiro atoms. The second-order valence-electron chi connectivity index (χ2n) is 11.3. The first-order valence-corrected chi connectivity index (χ1v) is 13.6. The van der Waals surface area contributed by atoms with Crippen molar-refractivity contribution in [1.82, 2.24) is 0 Å². The van der Waals surface area contributed by atoms with Crippen molar-refractivity contribution in [2.75, 3.05) is 0 Å². The smallest absolute Gasteiger partial charge is 0.163 e. The minimum atomic E-state index is -1.39. The van der Waals surface area contributed by atoms with Gasteiger partial charge in [0.1, 0.15) is 6.10 Å². The first-order chi connectivity index (χ1) is 17.1. The lowest BCUT2D eigenvalue weighted by Gasteiger charge is -2.34. The van der Waals surface area contributed by atoms with Gasteiger partial charge < -0.3 is 30.6 Å². The third kappa shape index (κ3) is 11.5. The number of aliphatic hydroxyl groups is 6. The molecule has 0 radical (unpaired) electrons. The van der Waals surface area contributed by atoms with Gasteiger partial charge in [-0.1, -0.05) is 78.0 Å². The lowest BCUT2D eigenvalue weighted by molar-refractivity contribution is -0.133. The number of allylic oxidation sites excluding steroid dienone is 4. The zero-order chi connectivity index (χ0) is 29.0. The highest BCUT2D eigenvalue weighted by molar-refractivity contribution is 5.83. The molecular weight excluding hydrogens is 472 g/mol. The molecule has 7 nitrogen and oxygen atoms in total. The van der Waals surface area contributed by atoms with Crippen LogP contribution in [0, 0.1) is 35.5 Å². The molecule has 7 heteroatoms. The molecule has 37 heavy (non-hydrogen) atoms. The van der Waals surface area contributed by atoms with Crippen LogP contribution in [0.3, 0.4) is 0 Å². The van der Waals surface area contributed by atoms with E-state index >= 15 is 0 Å². The van der Waals surface area contributed by atoms with Crippen molar-refractivity contribution in [1.29, 1.82) is 0 Å². The van der Waals surface area contributed by atoms with Gasteiger partial charge in [-0.2, -0.15) is 0 Å². The van der Waals surface area contributed by atoms with Crippen molar-refractivity contribution < 1.29 is 35.4 Å². The van der Waals surface area contributed by atoms with Crippen LogP contribution in [0.5, 0.6) is 0 Å². The van der Waals surface area contributed by atoms with E-state index in [0.29, 0.717) is 6.42 Å². The van der Waals surface area contributed by atoms with E-state index < -0.39 is 66.1 Å². The van der Waals surface area contributed by atoms with E-state index in [1.165, 1.54) is 0 Å². The molecule has 216 valence electrons. The molecule has 0 aliphatic heterocycles. The summed E-state index contributed by atoms with van der Waals surface area (Å²) in [7, 11) is 0. The average molecular weight is 527 g/mol. The molecule has 0 aliphatic carbocycles. The van der Waals surface area contributed by atoms with Crippen LogP contribution in [0.15, 0.2) is 36.5 Å². The van der Waals surface area contributed by atoms with Gasteiger partial charge in [-0.25, -0.2) is 0 Å². The summed E-state index contributed by atoms with van der Waals surface area (Å²) < 4.78 is 0. The van der Waals surface area contributed by atoms with E-state index in [9.17, 15) is 35.4 Å². The van der Waals surface area contributed by atoms with Crippen molar-refractivity contribution in [2.45, 2.75) is 111 Å². The van der Waals surface area contributed by atoms with Gasteiger partial charge in [0.15, 0.2) is 5.78 Å². The molecule has 0 fully saturated rings. The summed E-state index contributed by atoms with van der Waals surface area (Å²) in [5.41, 5.74) is 1.14. The number of aliphatic hydroxyl groups excluding tert-OH is 6. The molecule has 0 unspecified atom stereocenters. The third-order valence-electron chi connectivity index (χ3n) is 8.07. The Bertz CT molecular complexity index is 733. The van der Waals surface area contributed by atoms with Crippen LogP contribution >= 0.6 is 0 Å². The number of carbonyl (C=O) groups excluding carboxylic acids is 1. The Hall–Kier alpha value is -1.35. The maximum Gasteiger partial charge on any atom is 0.163 e. The Morgan fingerprint density at radius 3 is 1.78 bits per heavy atom. The molecule has 0 aromatic rings. The molecule has 0 saturated carbocycles. The Kier molecular flexibility index (Phi) is 16.6. The number of hydrogen-bond donors (Lipinski definition) is 6. The second kappa shape index (κ2) is 17.3. The van der Waals surface area contributed by atoms with Crippen LogP contribution in [0.1, 0.15) is 74.7 Å². The van der Waals surface area contributed by atoms with E-state index in [4.69, 9.17) is 0 Å². The summed E-state index contributed by atoms with van der Waals surface area (Å²) in [4.78, 5) is 12.6. The van der Waals surface area contributed by atoms with Crippen LogP contribution in [0.4, 0.5) is 0 Å². The van der Waals surface area contributed by atoms with Crippen LogP contribution in [-0.4, -0.2) is 73.0 Å². The van der Waals surface area contributed by atoms with Crippen LogP contribution in [-0.2, 0) is 4.79 Å². The standard InChI is InChI=1S/C30H54O7/c1-10-12-13-18(4)27(34)22(8)29(36)20(6)15-25(32)26(33)16-24(31)21(7)30(37)23(9)28(35)19(5)14-17(3)11-2/h10-13,18-25,27-32,34-37H,1,14-16H2,2-9H3/b13-12-,17-11+/t18-,19-,20-,21+,22-,23+,24+,25-,27-,28-,29-,30-/m0/s1. The molecule has 6 N–H and O–H groups in total. The van der Waals surface area contributed by atoms with Crippen LogP contribution in [0.2, 0.25) is 0 Å². The molecule has 0 aromatic carbocycles. The Balaban J connectivity index is 4.98. The van der Waals surface area contributed by atoms with E-state index in [2.05, 4.69) is 6.58 Å². The molecule has 12 atom stereocenters. The van der Waals surface area contributed by atoms with Crippen LogP contribution < -0.4 is 0 Å². The number of carbonyl (C=O) groups is 1. The third-order valence-corrected chi connectivity index (χ3v) is 8.07. The first-order valence-electron chi connectivity index (χ1n) is 13.6. The van der Waals surface area contributed by atoms with Gasteiger partial charge in [0.05, 0.1) is 30.5 Å². The lowest BCUT2D eigenvalue weighted by Crippen LogP contribution is -2.43. The Morgan fingerprint density at radius 1 is 0.757 bits per heavy atom. The molecule has 0 amide bonds. The van der Waals surface area contributed by atoms with Crippen molar-refractivity contribution in [3.63, 3.8) is 0 Å². The van der Waals surface area contributed by atoms with Gasteiger partial charge in [-0.3, -0.25) is 4.79 Å². The van der Waals surface area contributed by atoms with E-state index in [0.717, 1.165) is 5.57 Å². The molecule has 0 saturated heterocycles. The van der Waals surface area contributed by atoms with Gasteiger partial charge in [0, 0.05) is 30.1 Å². The highest BCUT2D eigenvalue weighted by atomic mass is 16.3. The topological polar surface area (TPSA) is 138 Å². The summed E-state index contributed by atoms with van der Waals surface area (Å²) in [5, 5.41) is 63.8. The molecular formula is C30H54O7. The fourth-order valence-corrected chi connectivity index (χ4v) is 4.89. The lowest BCUT2D eigenvalue weighted by atomic mass is 9.79. The molecule has 0 heterocycles. The SMILES string of the molecule is C=C/C=C\[C@H](C)[C@H](O)[C@H](C)[C@@H](O)[C@@H](C)C[C@H](O)C(=O)C[C@@H](O)[C@@H](C)[C@H](O)[C@H](C)[C@@H](O)[C@@H](C)C/C(C)=C/C. The zero-order valence-electron chi connectivity index (χ0n) is 24.2. The Labute approximate surface area is 224 Å². The highest BCUT2D eigenvalue weighted by Gasteiger charge is 2.36. The number of Topliss-reactive ketones (excluding diaryl/α,β-unsaturated/α-hetero) is 1. The van der Waals surface area contributed by atoms with E-state index in [1.54, 1.807) is 45.9 Å². The minimum absolute atomic E-state index is 0.0193. The van der Waals surface area contributed by atoms with Gasteiger partial charge in [-0.15, -0.1) is 0 Å². The average Bonchev–Trinajstić information content (AvgIpc) is 2.87.